The number of nitrogens with one attached hydrogen (secondary N) is 1. The first kappa shape index (κ1) is 20.1. The van der Waals surface area contributed by atoms with E-state index < -0.39 is 11.1 Å². The van der Waals surface area contributed by atoms with E-state index >= 15 is 0 Å². The fourth-order valence-electron chi connectivity index (χ4n) is 3.21. The zero-order valence-corrected chi connectivity index (χ0v) is 16.3. The fraction of sp³-hybridized carbons (Fsp3) is 0.227. The molecule has 0 fully saturated rings. The van der Waals surface area contributed by atoms with E-state index in [2.05, 4.69) is 11.9 Å². The Labute approximate surface area is 167 Å². The number of hydrogen-bond donors (Lipinski definition) is 1. The minimum absolute atomic E-state index is 0.221. The highest BCUT2D eigenvalue weighted by Gasteiger charge is 2.14. The van der Waals surface area contributed by atoms with Crippen LogP contribution in [0.4, 0.5) is 0 Å². The number of ether oxygens (including phenoxy) is 1. The molecular weight excluding hydrogens is 370 g/mol. The number of methoxy groups -OCH3 is 1. The van der Waals surface area contributed by atoms with Gasteiger partial charge in [0, 0.05) is 13.1 Å². The number of allylic oxidation sites excluding steroid dienone is 1. The molecule has 0 aliphatic rings. The number of benzene rings is 2. The molecule has 1 aromatic heterocycles. The van der Waals surface area contributed by atoms with Gasteiger partial charge in [-0.1, -0.05) is 30.3 Å². The summed E-state index contributed by atoms with van der Waals surface area (Å²) >= 11 is 0. The molecule has 2 aromatic carbocycles. The number of amides is 1. The lowest BCUT2D eigenvalue weighted by atomic mass is 10.1. The lowest BCUT2D eigenvalue weighted by molar-refractivity contribution is -0.121. The van der Waals surface area contributed by atoms with Gasteiger partial charge in [-0.2, -0.15) is 0 Å². The lowest BCUT2D eigenvalue weighted by Gasteiger charge is -2.14. The number of carbonyl (C=O) groups excluding carboxylic acids is 1. The molecule has 0 saturated carbocycles. The second-order valence-corrected chi connectivity index (χ2v) is 6.54. The molecule has 1 heterocycles. The van der Waals surface area contributed by atoms with Crippen LogP contribution < -0.4 is 21.2 Å². The normalized spacial score (nSPS) is 10.7. The molecule has 7 heteroatoms. The van der Waals surface area contributed by atoms with Gasteiger partial charge in [0.15, 0.2) is 0 Å². The van der Waals surface area contributed by atoms with Crippen LogP contribution in [0.1, 0.15) is 5.56 Å². The van der Waals surface area contributed by atoms with Crippen molar-refractivity contribution in [2.24, 2.45) is 0 Å². The number of fused-ring (bicyclic) bond motifs is 1. The third-order valence-electron chi connectivity index (χ3n) is 4.62. The van der Waals surface area contributed by atoms with Crippen molar-refractivity contribution in [3.8, 4) is 5.75 Å². The Bertz CT molecular complexity index is 1160. The number of carbonyl (C=O) groups is 1. The van der Waals surface area contributed by atoms with E-state index in [9.17, 15) is 14.4 Å². The monoisotopic (exact) mass is 393 g/mol. The van der Waals surface area contributed by atoms with Crippen molar-refractivity contribution in [1.29, 1.82) is 0 Å². The van der Waals surface area contributed by atoms with Gasteiger partial charge in [0.2, 0.25) is 5.91 Å². The maximum atomic E-state index is 12.6. The van der Waals surface area contributed by atoms with E-state index in [0.29, 0.717) is 24.0 Å². The van der Waals surface area contributed by atoms with E-state index in [1.54, 1.807) is 37.5 Å². The van der Waals surface area contributed by atoms with Crippen molar-refractivity contribution in [2.75, 3.05) is 13.7 Å². The molecule has 0 bridgehead atoms. The first-order chi connectivity index (χ1) is 14.0. The fourth-order valence-corrected chi connectivity index (χ4v) is 3.21. The average molecular weight is 393 g/mol. The van der Waals surface area contributed by atoms with Gasteiger partial charge in [-0.15, -0.1) is 6.58 Å². The van der Waals surface area contributed by atoms with E-state index in [-0.39, 0.29) is 19.0 Å². The molecule has 0 saturated heterocycles. The molecule has 3 rings (SSSR count). The predicted octanol–water partition coefficient (Wildman–Crippen LogP) is 1.72. The summed E-state index contributed by atoms with van der Waals surface area (Å²) in [6.45, 7) is 4.05. The summed E-state index contributed by atoms with van der Waals surface area (Å²) in [7, 11) is 1.60. The van der Waals surface area contributed by atoms with Gasteiger partial charge in [0.25, 0.3) is 0 Å². The second-order valence-electron chi connectivity index (χ2n) is 6.54. The summed E-state index contributed by atoms with van der Waals surface area (Å²) in [6, 6.07) is 14.6. The van der Waals surface area contributed by atoms with Crippen LogP contribution in [-0.4, -0.2) is 28.7 Å². The van der Waals surface area contributed by atoms with Crippen LogP contribution in [0.5, 0.6) is 5.75 Å². The van der Waals surface area contributed by atoms with E-state index in [1.165, 1.54) is 9.13 Å². The highest BCUT2D eigenvalue weighted by Crippen LogP contribution is 2.13. The maximum absolute atomic E-state index is 12.6. The van der Waals surface area contributed by atoms with E-state index in [0.717, 1.165) is 11.3 Å². The molecule has 0 aliphatic carbocycles. The van der Waals surface area contributed by atoms with Crippen molar-refractivity contribution in [3.63, 3.8) is 0 Å². The Morgan fingerprint density at radius 1 is 1.07 bits per heavy atom. The quantitative estimate of drug-likeness (QED) is 0.467. The topological polar surface area (TPSA) is 82.3 Å². The summed E-state index contributed by atoms with van der Waals surface area (Å²) in [4.78, 5) is 37.5. The first-order valence-corrected chi connectivity index (χ1v) is 9.28. The molecule has 0 unspecified atom stereocenters. The van der Waals surface area contributed by atoms with Crippen molar-refractivity contribution in [2.45, 2.75) is 19.5 Å². The zero-order valence-electron chi connectivity index (χ0n) is 16.3. The molecule has 0 atom stereocenters. The highest BCUT2D eigenvalue weighted by molar-refractivity contribution is 5.80. The number of aromatic nitrogens is 2. The van der Waals surface area contributed by atoms with Gasteiger partial charge in [0.1, 0.15) is 12.3 Å². The van der Waals surface area contributed by atoms with Crippen LogP contribution in [0.3, 0.4) is 0 Å². The molecule has 150 valence electrons. The van der Waals surface area contributed by atoms with Crippen LogP contribution in [-0.2, 0) is 24.3 Å². The Hall–Kier alpha value is -3.61. The number of nitrogens with zero attached hydrogens (tertiary/aromatic N) is 2. The van der Waals surface area contributed by atoms with Crippen LogP contribution in [0, 0.1) is 0 Å². The SMILES string of the molecule is C=CCn1c(=O)c(=O)n(CC(=O)NCCc2cccc(OC)c2)c2ccccc21. The van der Waals surface area contributed by atoms with Gasteiger partial charge in [-0.3, -0.25) is 23.5 Å². The van der Waals surface area contributed by atoms with Crippen LogP contribution in [0.15, 0.2) is 70.8 Å². The maximum Gasteiger partial charge on any atom is 0.317 e. The molecular formula is C22H23N3O4. The summed E-state index contributed by atoms with van der Waals surface area (Å²) in [5, 5.41) is 2.80. The summed E-state index contributed by atoms with van der Waals surface area (Å²) in [5.74, 6) is 0.424. The van der Waals surface area contributed by atoms with E-state index in [4.69, 9.17) is 4.74 Å². The Morgan fingerprint density at radius 3 is 2.45 bits per heavy atom. The summed E-state index contributed by atoms with van der Waals surface area (Å²) in [6.07, 6.45) is 2.18. The number of rotatable bonds is 8. The third-order valence-corrected chi connectivity index (χ3v) is 4.62. The van der Waals surface area contributed by atoms with Gasteiger partial charge in [-0.25, -0.2) is 0 Å². The number of para-hydroxylation sites is 2. The molecule has 0 radical (unpaired) electrons. The largest absolute Gasteiger partial charge is 0.497 e. The predicted molar refractivity (Wildman–Crippen MR) is 112 cm³/mol. The molecule has 29 heavy (non-hydrogen) atoms. The molecule has 1 N–H and O–H groups in total. The van der Waals surface area contributed by atoms with Crippen LogP contribution in [0.25, 0.3) is 11.0 Å². The van der Waals surface area contributed by atoms with Crippen LogP contribution >= 0.6 is 0 Å². The van der Waals surface area contributed by atoms with Gasteiger partial charge in [0.05, 0.1) is 18.1 Å². The Balaban J connectivity index is 1.77. The molecule has 3 aromatic rings. The van der Waals surface area contributed by atoms with Gasteiger partial charge < -0.3 is 10.1 Å². The van der Waals surface area contributed by atoms with Crippen molar-refractivity contribution in [1.82, 2.24) is 14.5 Å². The average Bonchev–Trinajstić information content (AvgIpc) is 2.74. The van der Waals surface area contributed by atoms with Crippen molar-refractivity contribution < 1.29 is 9.53 Å². The molecule has 0 spiro atoms. The van der Waals surface area contributed by atoms with Crippen molar-refractivity contribution in [3.05, 3.63) is 87.5 Å². The number of hydrogen-bond acceptors (Lipinski definition) is 4. The third kappa shape index (κ3) is 4.45. The molecule has 7 nitrogen and oxygen atoms in total. The van der Waals surface area contributed by atoms with E-state index in [1.807, 2.05) is 24.3 Å². The summed E-state index contributed by atoms with van der Waals surface area (Å²) < 4.78 is 7.77. The highest BCUT2D eigenvalue weighted by atomic mass is 16.5. The Kier molecular flexibility index (Phi) is 6.29. The van der Waals surface area contributed by atoms with Crippen molar-refractivity contribution >= 4 is 16.9 Å². The smallest absolute Gasteiger partial charge is 0.317 e. The minimum Gasteiger partial charge on any atom is -0.497 e. The second kappa shape index (κ2) is 9.05. The Morgan fingerprint density at radius 2 is 1.76 bits per heavy atom. The lowest BCUT2D eigenvalue weighted by Crippen LogP contribution is -2.44. The first-order valence-electron chi connectivity index (χ1n) is 9.28. The van der Waals surface area contributed by atoms with Crippen LogP contribution in [0.2, 0.25) is 0 Å². The van der Waals surface area contributed by atoms with Gasteiger partial charge >= 0.3 is 11.1 Å². The standard InChI is InChI=1S/C22H23N3O4/c1-3-13-24-18-9-4-5-10-19(18)25(22(28)21(24)27)15-20(26)23-12-11-16-7-6-8-17(14-16)29-2/h3-10,14H,1,11-13,15H2,2H3,(H,23,26). The van der Waals surface area contributed by atoms with Gasteiger partial charge in [-0.05, 0) is 36.2 Å². The minimum atomic E-state index is -0.728. The molecule has 0 aliphatic heterocycles. The molecule has 1 amide bonds. The summed E-state index contributed by atoms with van der Waals surface area (Å²) in [5.41, 5.74) is 0.739. The zero-order chi connectivity index (χ0) is 20.8.